The standard InChI is InChI=1S/C10H16N2O5/c1-11(6-8(13)17-2)10(16)12-4-3-7(5-12)9(14)15/h7H,3-6H2,1-2H3,(H,14,15). The lowest BCUT2D eigenvalue weighted by Crippen LogP contribution is -2.42. The number of methoxy groups -OCH3 is 1. The molecule has 1 unspecified atom stereocenters. The van der Waals surface area contributed by atoms with Crippen LogP contribution in [0, 0.1) is 5.92 Å². The van der Waals surface area contributed by atoms with E-state index >= 15 is 0 Å². The lowest BCUT2D eigenvalue weighted by Gasteiger charge is -2.23. The highest BCUT2D eigenvalue weighted by Crippen LogP contribution is 2.17. The van der Waals surface area contributed by atoms with Gasteiger partial charge in [0.1, 0.15) is 6.54 Å². The third-order valence-electron chi connectivity index (χ3n) is 2.73. The summed E-state index contributed by atoms with van der Waals surface area (Å²) in [7, 11) is 2.73. The molecule has 0 radical (unpaired) electrons. The van der Waals surface area contributed by atoms with Crippen molar-refractivity contribution in [2.75, 3.05) is 33.8 Å². The predicted molar refractivity (Wildman–Crippen MR) is 57.4 cm³/mol. The Morgan fingerprint density at radius 1 is 1.47 bits per heavy atom. The number of amides is 2. The Morgan fingerprint density at radius 3 is 2.59 bits per heavy atom. The summed E-state index contributed by atoms with van der Waals surface area (Å²) in [5, 5.41) is 8.81. The van der Waals surface area contributed by atoms with Crippen LogP contribution in [0.2, 0.25) is 0 Å². The van der Waals surface area contributed by atoms with E-state index in [1.54, 1.807) is 0 Å². The Kier molecular flexibility index (Phi) is 4.30. The van der Waals surface area contributed by atoms with Gasteiger partial charge in [-0.15, -0.1) is 0 Å². The maximum Gasteiger partial charge on any atom is 0.325 e. The van der Waals surface area contributed by atoms with Gasteiger partial charge in [-0.05, 0) is 6.42 Å². The molecule has 0 spiro atoms. The number of esters is 1. The summed E-state index contributed by atoms with van der Waals surface area (Å²) >= 11 is 0. The third-order valence-corrected chi connectivity index (χ3v) is 2.73. The molecular formula is C10H16N2O5. The molecule has 1 saturated heterocycles. The number of ether oxygens (including phenoxy) is 1. The van der Waals surface area contributed by atoms with Gasteiger partial charge < -0.3 is 19.6 Å². The summed E-state index contributed by atoms with van der Waals surface area (Å²) in [5.41, 5.74) is 0. The van der Waals surface area contributed by atoms with Crippen LogP contribution in [0.3, 0.4) is 0 Å². The van der Waals surface area contributed by atoms with Gasteiger partial charge in [-0.1, -0.05) is 0 Å². The Balaban J connectivity index is 2.48. The second-order valence-electron chi connectivity index (χ2n) is 3.98. The molecule has 0 aromatic rings. The van der Waals surface area contributed by atoms with Gasteiger partial charge in [0.25, 0.3) is 0 Å². The second kappa shape index (κ2) is 5.51. The molecule has 0 saturated carbocycles. The Labute approximate surface area is 98.9 Å². The van der Waals surface area contributed by atoms with Gasteiger partial charge in [0.2, 0.25) is 0 Å². The van der Waals surface area contributed by atoms with Crippen LogP contribution in [0.25, 0.3) is 0 Å². The molecule has 2 amide bonds. The lowest BCUT2D eigenvalue weighted by molar-refractivity contribution is -0.142. The Bertz CT molecular complexity index is 331. The number of carboxylic acids is 1. The van der Waals surface area contributed by atoms with E-state index in [2.05, 4.69) is 4.74 Å². The fourth-order valence-corrected chi connectivity index (χ4v) is 1.70. The molecule has 0 aliphatic carbocycles. The summed E-state index contributed by atoms with van der Waals surface area (Å²) in [5.74, 6) is -1.91. The van der Waals surface area contributed by atoms with Crippen molar-refractivity contribution in [3.8, 4) is 0 Å². The van der Waals surface area contributed by atoms with Crippen molar-refractivity contribution in [3.63, 3.8) is 0 Å². The number of hydrogen-bond donors (Lipinski definition) is 1. The first-order chi connectivity index (χ1) is 7.95. The van der Waals surface area contributed by atoms with Gasteiger partial charge in [0.05, 0.1) is 13.0 Å². The number of carbonyl (C=O) groups is 3. The first kappa shape index (κ1) is 13.3. The molecule has 0 bridgehead atoms. The molecular weight excluding hydrogens is 228 g/mol. The number of urea groups is 1. The Hall–Kier alpha value is -1.79. The summed E-state index contributed by atoms with van der Waals surface area (Å²) in [4.78, 5) is 36.2. The van der Waals surface area contributed by atoms with Crippen LogP contribution in [-0.4, -0.2) is 66.7 Å². The van der Waals surface area contributed by atoms with Crippen LogP contribution < -0.4 is 0 Å². The maximum absolute atomic E-state index is 11.8. The predicted octanol–water partition coefficient (Wildman–Crippen LogP) is -0.382. The number of carboxylic acid groups (broad SMARTS) is 1. The molecule has 0 aromatic heterocycles. The van der Waals surface area contributed by atoms with Gasteiger partial charge in [-0.2, -0.15) is 0 Å². The molecule has 1 atom stereocenters. The van der Waals surface area contributed by atoms with Gasteiger partial charge in [-0.3, -0.25) is 9.59 Å². The van der Waals surface area contributed by atoms with Crippen LogP contribution in [0.5, 0.6) is 0 Å². The van der Waals surface area contributed by atoms with Crippen LogP contribution >= 0.6 is 0 Å². The van der Waals surface area contributed by atoms with E-state index in [1.165, 1.54) is 24.0 Å². The minimum Gasteiger partial charge on any atom is -0.481 e. The third kappa shape index (κ3) is 3.33. The molecule has 1 heterocycles. The largest absolute Gasteiger partial charge is 0.481 e. The van der Waals surface area contributed by atoms with Crippen molar-refractivity contribution < 1.29 is 24.2 Å². The first-order valence-corrected chi connectivity index (χ1v) is 5.25. The number of hydrogen-bond acceptors (Lipinski definition) is 4. The average molecular weight is 244 g/mol. The van der Waals surface area contributed by atoms with Crippen molar-refractivity contribution in [1.82, 2.24) is 9.80 Å². The minimum atomic E-state index is -0.893. The zero-order valence-electron chi connectivity index (χ0n) is 9.88. The number of nitrogens with zero attached hydrogens (tertiary/aromatic N) is 2. The molecule has 7 heteroatoms. The average Bonchev–Trinajstić information content (AvgIpc) is 2.77. The molecule has 1 aliphatic rings. The van der Waals surface area contributed by atoms with Crippen molar-refractivity contribution in [2.45, 2.75) is 6.42 Å². The number of carbonyl (C=O) groups excluding carboxylic acids is 2. The van der Waals surface area contributed by atoms with Crippen LogP contribution in [-0.2, 0) is 14.3 Å². The number of aliphatic carboxylic acids is 1. The van der Waals surface area contributed by atoms with Gasteiger partial charge in [0, 0.05) is 20.1 Å². The monoisotopic (exact) mass is 244 g/mol. The van der Waals surface area contributed by atoms with Crippen molar-refractivity contribution in [2.24, 2.45) is 5.92 Å². The molecule has 96 valence electrons. The van der Waals surface area contributed by atoms with Gasteiger partial charge >= 0.3 is 18.0 Å². The van der Waals surface area contributed by atoms with E-state index in [1.807, 2.05) is 0 Å². The van der Waals surface area contributed by atoms with Gasteiger partial charge in [0.15, 0.2) is 0 Å². The molecule has 7 nitrogen and oxygen atoms in total. The van der Waals surface area contributed by atoms with E-state index in [0.717, 1.165) is 0 Å². The smallest absolute Gasteiger partial charge is 0.325 e. The molecule has 1 N–H and O–H groups in total. The minimum absolute atomic E-state index is 0.135. The van der Waals surface area contributed by atoms with Gasteiger partial charge in [-0.25, -0.2) is 4.79 Å². The van der Waals surface area contributed by atoms with Crippen LogP contribution in [0.15, 0.2) is 0 Å². The summed E-state index contributed by atoms with van der Waals surface area (Å²) in [6.07, 6.45) is 0.452. The fourth-order valence-electron chi connectivity index (χ4n) is 1.70. The zero-order valence-corrected chi connectivity index (χ0v) is 9.88. The van der Waals surface area contributed by atoms with E-state index in [4.69, 9.17) is 5.11 Å². The highest BCUT2D eigenvalue weighted by Gasteiger charge is 2.32. The topological polar surface area (TPSA) is 87.2 Å². The summed E-state index contributed by atoms with van der Waals surface area (Å²) < 4.78 is 4.45. The van der Waals surface area contributed by atoms with E-state index in [9.17, 15) is 14.4 Å². The fraction of sp³-hybridized carbons (Fsp3) is 0.700. The quantitative estimate of drug-likeness (QED) is 0.684. The Morgan fingerprint density at radius 2 is 2.12 bits per heavy atom. The summed E-state index contributed by atoms with van der Waals surface area (Å²) in [6.45, 7) is 0.463. The SMILES string of the molecule is COC(=O)CN(C)C(=O)N1CCC(C(=O)O)C1. The zero-order chi connectivity index (χ0) is 13.0. The normalized spacial score (nSPS) is 18.9. The number of likely N-dealkylation sites (N-methyl/N-ethyl adjacent to an activating group) is 1. The van der Waals surface area contributed by atoms with Crippen molar-refractivity contribution in [1.29, 1.82) is 0 Å². The maximum atomic E-state index is 11.8. The number of rotatable bonds is 3. The molecule has 1 rings (SSSR count). The van der Waals surface area contributed by atoms with Crippen LogP contribution in [0.1, 0.15) is 6.42 Å². The van der Waals surface area contributed by atoms with Crippen molar-refractivity contribution >= 4 is 18.0 Å². The second-order valence-corrected chi connectivity index (χ2v) is 3.98. The lowest BCUT2D eigenvalue weighted by atomic mass is 10.1. The highest BCUT2D eigenvalue weighted by atomic mass is 16.5. The molecule has 1 fully saturated rings. The highest BCUT2D eigenvalue weighted by molar-refractivity contribution is 5.81. The number of likely N-dealkylation sites (tertiary alicyclic amines) is 1. The summed E-state index contributed by atoms with van der Waals surface area (Å²) in [6, 6.07) is -0.348. The molecule has 1 aliphatic heterocycles. The van der Waals surface area contributed by atoms with E-state index in [0.29, 0.717) is 13.0 Å². The van der Waals surface area contributed by atoms with Crippen molar-refractivity contribution in [3.05, 3.63) is 0 Å². The van der Waals surface area contributed by atoms with Crippen LogP contribution in [0.4, 0.5) is 4.79 Å². The van der Waals surface area contributed by atoms with E-state index in [-0.39, 0.29) is 19.1 Å². The molecule has 0 aromatic carbocycles. The van der Waals surface area contributed by atoms with E-state index < -0.39 is 17.9 Å². The molecule has 17 heavy (non-hydrogen) atoms. The first-order valence-electron chi connectivity index (χ1n) is 5.25.